The van der Waals surface area contributed by atoms with Gasteiger partial charge in [0.25, 0.3) is 0 Å². The molecule has 1 aliphatic rings. The molecule has 1 fully saturated rings. The maximum atomic E-state index is 13.2. The Labute approximate surface area is 104 Å². The lowest BCUT2D eigenvalue weighted by molar-refractivity contribution is -0.120. The molecule has 1 aliphatic heterocycles. The molecular weight excluding hydrogens is 240 g/mol. The van der Waals surface area contributed by atoms with Crippen LogP contribution in [-0.2, 0) is 4.79 Å². The van der Waals surface area contributed by atoms with Gasteiger partial charge in [-0.1, -0.05) is 0 Å². The van der Waals surface area contributed by atoms with Crippen molar-refractivity contribution < 1.29 is 13.6 Å². The number of carbonyl (C=O) groups is 1. The van der Waals surface area contributed by atoms with Crippen LogP contribution >= 0.6 is 0 Å². The third-order valence-corrected chi connectivity index (χ3v) is 3.10. The maximum Gasteiger partial charge on any atom is 0.227 e. The molecule has 18 heavy (non-hydrogen) atoms. The number of amides is 1. The highest BCUT2D eigenvalue weighted by Crippen LogP contribution is 2.25. The van der Waals surface area contributed by atoms with E-state index >= 15 is 0 Å². The standard InChI is InChI=1S/C12H15F2N3O/c13-8-1-2-9(11(15)10(8)14)17-12(18)7-3-5-16-6-4-7/h1-2,7,16H,3-6,15H2,(H,17,18). The molecule has 98 valence electrons. The second kappa shape index (κ2) is 5.30. The van der Waals surface area contributed by atoms with Crippen LogP contribution in [0.1, 0.15) is 12.8 Å². The third-order valence-electron chi connectivity index (χ3n) is 3.10. The first-order valence-electron chi connectivity index (χ1n) is 5.84. The largest absolute Gasteiger partial charge is 0.395 e. The maximum absolute atomic E-state index is 13.2. The van der Waals surface area contributed by atoms with Gasteiger partial charge >= 0.3 is 0 Å². The van der Waals surface area contributed by atoms with Crippen LogP contribution in [0.3, 0.4) is 0 Å². The van der Waals surface area contributed by atoms with Gasteiger partial charge in [0.15, 0.2) is 11.6 Å². The van der Waals surface area contributed by atoms with E-state index in [0.29, 0.717) is 0 Å². The van der Waals surface area contributed by atoms with Gasteiger partial charge in [0.05, 0.1) is 11.4 Å². The van der Waals surface area contributed by atoms with E-state index in [9.17, 15) is 13.6 Å². The lowest BCUT2D eigenvalue weighted by Crippen LogP contribution is -2.34. The number of halogens is 2. The summed E-state index contributed by atoms with van der Waals surface area (Å²) >= 11 is 0. The molecule has 4 nitrogen and oxygen atoms in total. The normalized spacial score (nSPS) is 16.6. The molecule has 6 heteroatoms. The lowest BCUT2D eigenvalue weighted by atomic mass is 9.97. The molecule has 1 aromatic rings. The first kappa shape index (κ1) is 12.8. The fourth-order valence-electron chi connectivity index (χ4n) is 1.99. The molecule has 0 spiro atoms. The summed E-state index contributed by atoms with van der Waals surface area (Å²) in [7, 11) is 0. The summed E-state index contributed by atoms with van der Waals surface area (Å²) in [6.45, 7) is 1.57. The summed E-state index contributed by atoms with van der Waals surface area (Å²) in [5.41, 5.74) is 5.18. The Balaban J connectivity index is 2.09. The number of piperidine rings is 1. The zero-order valence-corrected chi connectivity index (χ0v) is 9.80. The number of hydrogen-bond acceptors (Lipinski definition) is 3. The number of anilines is 2. The highest BCUT2D eigenvalue weighted by atomic mass is 19.2. The Hall–Kier alpha value is -1.69. The fourth-order valence-corrected chi connectivity index (χ4v) is 1.99. The molecule has 1 amide bonds. The summed E-state index contributed by atoms with van der Waals surface area (Å²) < 4.78 is 26.1. The molecule has 0 aromatic heterocycles. The Morgan fingerprint density at radius 3 is 2.67 bits per heavy atom. The number of hydrogen-bond donors (Lipinski definition) is 3. The summed E-state index contributed by atoms with van der Waals surface area (Å²) in [4.78, 5) is 11.9. The minimum atomic E-state index is -1.13. The zero-order valence-electron chi connectivity index (χ0n) is 9.80. The Kier molecular flexibility index (Phi) is 3.76. The van der Waals surface area contributed by atoms with Crippen LogP contribution in [0, 0.1) is 17.6 Å². The van der Waals surface area contributed by atoms with Gasteiger partial charge in [-0.2, -0.15) is 0 Å². The Morgan fingerprint density at radius 2 is 2.00 bits per heavy atom. The average Bonchev–Trinajstić information content (AvgIpc) is 2.40. The first-order chi connectivity index (χ1) is 8.59. The minimum Gasteiger partial charge on any atom is -0.395 e. The van der Waals surface area contributed by atoms with E-state index in [1.165, 1.54) is 6.07 Å². The highest BCUT2D eigenvalue weighted by molar-refractivity contribution is 5.95. The van der Waals surface area contributed by atoms with Crippen LogP contribution in [0.2, 0.25) is 0 Å². The first-order valence-corrected chi connectivity index (χ1v) is 5.84. The summed E-state index contributed by atoms with van der Waals surface area (Å²) in [6, 6.07) is 2.22. The SMILES string of the molecule is Nc1c(NC(=O)C2CCNCC2)ccc(F)c1F. The van der Waals surface area contributed by atoms with Gasteiger partial charge in [0, 0.05) is 5.92 Å². The van der Waals surface area contributed by atoms with Gasteiger partial charge in [-0.25, -0.2) is 8.78 Å². The van der Waals surface area contributed by atoms with Crippen molar-refractivity contribution in [3.8, 4) is 0 Å². The molecule has 4 N–H and O–H groups in total. The Morgan fingerprint density at radius 1 is 1.33 bits per heavy atom. The molecule has 0 aliphatic carbocycles. The third kappa shape index (κ3) is 2.59. The summed E-state index contributed by atoms with van der Waals surface area (Å²) in [6.07, 6.45) is 1.46. The van der Waals surface area contributed by atoms with Crippen molar-refractivity contribution in [1.82, 2.24) is 5.32 Å². The van der Waals surface area contributed by atoms with E-state index < -0.39 is 11.6 Å². The monoisotopic (exact) mass is 255 g/mol. The van der Waals surface area contributed by atoms with Gasteiger partial charge in [0.2, 0.25) is 5.91 Å². The number of benzene rings is 1. The molecule has 1 aromatic carbocycles. The lowest BCUT2D eigenvalue weighted by Gasteiger charge is -2.22. The topological polar surface area (TPSA) is 67.1 Å². The Bertz CT molecular complexity index is 459. The van der Waals surface area contributed by atoms with Gasteiger partial charge in [0.1, 0.15) is 0 Å². The van der Waals surface area contributed by atoms with Crippen molar-refractivity contribution in [2.45, 2.75) is 12.8 Å². The van der Waals surface area contributed by atoms with Crippen molar-refractivity contribution >= 4 is 17.3 Å². The van der Waals surface area contributed by atoms with Crippen LogP contribution < -0.4 is 16.4 Å². The average molecular weight is 255 g/mol. The molecule has 0 bridgehead atoms. The number of nitrogen functional groups attached to an aromatic ring is 1. The second-order valence-electron chi connectivity index (χ2n) is 4.34. The number of carbonyl (C=O) groups excluding carboxylic acids is 1. The fraction of sp³-hybridized carbons (Fsp3) is 0.417. The predicted molar refractivity (Wildman–Crippen MR) is 65.0 cm³/mol. The van der Waals surface area contributed by atoms with E-state index in [1.54, 1.807) is 0 Å². The predicted octanol–water partition coefficient (Wildman–Crippen LogP) is 1.49. The molecule has 0 atom stereocenters. The van der Waals surface area contributed by atoms with Crippen molar-refractivity contribution in [2.75, 3.05) is 24.1 Å². The van der Waals surface area contributed by atoms with Crippen LogP contribution in [-0.4, -0.2) is 19.0 Å². The van der Waals surface area contributed by atoms with E-state index in [4.69, 9.17) is 5.73 Å². The molecule has 1 saturated heterocycles. The van der Waals surface area contributed by atoms with Gasteiger partial charge in [-0.05, 0) is 38.1 Å². The molecule has 1 heterocycles. The number of nitrogens with one attached hydrogen (secondary N) is 2. The quantitative estimate of drug-likeness (QED) is 0.701. The molecule has 0 unspecified atom stereocenters. The van der Waals surface area contributed by atoms with E-state index in [-0.39, 0.29) is 23.2 Å². The van der Waals surface area contributed by atoms with Crippen molar-refractivity contribution in [1.29, 1.82) is 0 Å². The molecule has 2 rings (SSSR count). The number of nitrogens with two attached hydrogens (primary N) is 1. The van der Waals surface area contributed by atoms with E-state index in [1.807, 2.05) is 0 Å². The van der Waals surface area contributed by atoms with Crippen molar-refractivity contribution in [2.24, 2.45) is 5.92 Å². The van der Waals surface area contributed by atoms with Crippen molar-refractivity contribution in [3.63, 3.8) is 0 Å². The van der Waals surface area contributed by atoms with E-state index in [0.717, 1.165) is 32.0 Å². The molecular formula is C12H15F2N3O. The second-order valence-corrected chi connectivity index (χ2v) is 4.34. The van der Waals surface area contributed by atoms with Crippen molar-refractivity contribution in [3.05, 3.63) is 23.8 Å². The summed E-state index contributed by atoms with van der Waals surface area (Å²) in [5.74, 6) is -2.46. The minimum absolute atomic E-state index is 0.112. The number of rotatable bonds is 2. The van der Waals surface area contributed by atoms with Crippen LogP contribution in [0.15, 0.2) is 12.1 Å². The van der Waals surface area contributed by atoms with Crippen LogP contribution in [0.25, 0.3) is 0 Å². The van der Waals surface area contributed by atoms with Gasteiger partial charge in [-0.3, -0.25) is 4.79 Å². The van der Waals surface area contributed by atoms with Gasteiger partial charge in [-0.15, -0.1) is 0 Å². The van der Waals surface area contributed by atoms with Crippen LogP contribution in [0.5, 0.6) is 0 Å². The van der Waals surface area contributed by atoms with Crippen LogP contribution in [0.4, 0.5) is 20.2 Å². The smallest absolute Gasteiger partial charge is 0.227 e. The molecule has 0 saturated carbocycles. The van der Waals surface area contributed by atoms with E-state index in [2.05, 4.69) is 10.6 Å². The molecule has 0 radical (unpaired) electrons. The summed E-state index contributed by atoms with van der Waals surface area (Å²) in [5, 5.41) is 5.70. The zero-order chi connectivity index (χ0) is 13.1. The highest BCUT2D eigenvalue weighted by Gasteiger charge is 2.22. The van der Waals surface area contributed by atoms with Gasteiger partial charge < -0.3 is 16.4 Å².